The number of rotatable bonds is 49. The van der Waals surface area contributed by atoms with Crippen molar-refractivity contribution in [2.45, 2.75) is 261 Å². The Bertz CT molecular complexity index is 2030. The Morgan fingerprint density at radius 1 is 0.435 bits per heavy atom. The second-order valence-corrected chi connectivity index (χ2v) is 21.8. The number of amides is 1. The van der Waals surface area contributed by atoms with Gasteiger partial charge in [-0.1, -0.05) is 230 Å². The van der Waals surface area contributed by atoms with Gasteiger partial charge in [-0.15, -0.1) is 0 Å². The van der Waals surface area contributed by atoms with Gasteiger partial charge in [-0.05, 0) is 109 Å². The van der Waals surface area contributed by atoms with E-state index in [0.717, 1.165) is 116 Å². The first-order valence-corrected chi connectivity index (χ1v) is 32.2. The highest BCUT2D eigenvalue weighted by Gasteiger charge is 2.51. The molecule has 14 nitrogen and oxygen atoms in total. The quantitative estimate of drug-likeness (QED) is 0.0204. The fourth-order valence-corrected chi connectivity index (χ4v) is 9.33. The van der Waals surface area contributed by atoms with Gasteiger partial charge in [-0.2, -0.15) is 0 Å². The molecule has 85 heavy (non-hydrogen) atoms. The van der Waals surface area contributed by atoms with Gasteiger partial charge in [0.2, 0.25) is 5.91 Å². The summed E-state index contributed by atoms with van der Waals surface area (Å²) >= 11 is 0. The Hall–Kier alpha value is -4.39. The molecule has 14 heteroatoms. The van der Waals surface area contributed by atoms with Gasteiger partial charge in [-0.3, -0.25) is 4.79 Å². The number of carbonyl (C=O) groups excluding carboxylic acids is 1. The molecule has 2 aliphatic heterocycles. The fourth-order valence-electron chi connectivity index (χ4n) is 9.33. The van der Waals surface area contributed by atoms with E-state index in [2.05, 4.69) is 165 Å². The minimum absolute atomic E-state index is 0.215. The first-order valence-electron chi connectivity index (χ1n) is 32.2. The molecule has 0 aromatic heterocycles. The Morgan fingerprint density at radius 3 is 1.25 bits per heavy atom. The van der Waals surface area contributed by atoms with E-state index in [1.54, 1.807) is 6.08 Å². The predicted octanol–water partition coefficient (Wildman–Crippen LogP) is 12.3. The maximum absolute atomic E-state index is 13.2. The number of hydrogen-bond donors (Lipinski definition) is 9. The third-order valence-electron chi connectivity index (χ3n) is 14.5. The van der Waals surface area contributed by atoms with Gasteiger partial charge in [0.25, 0.3) is 0 Å². The van der Waals surface area contributed by atoms with Gasteiger partial charge in [0, 0.05) is 6.42 Å². The summed E-state index contributed by atoms with van der Waals surface area (Å²) in [5.74, 6) is -0.290. The molecule has 2 heterocycles. The highest BCUT2D eigenvalue weighted by molar-refractivity contribution is 5.76. The lowest BCUT2D eigenvalue weighted by Crippen LogP contribution is -2.65. The molecule has 0 saturated carbocycles. The van der Waals surface area contributed by atoms with Gasteiger partial charge in [0.15, 0.2) is 12.6 Å². The molecule has 0 bridgehead atoms. The molecule has 2 aliphatic rings. The van der Waals surface area contributed by atoms with E-state index < -0.39 is 86.8 Å². The normalized spacial score (nSPS) is 24.6. The molecular formula is C71H113NO13. The van der Waals surface area contributed by atoms with Crippen LogP contribution in [-0.4, -0.2) is 140 Å². The fraction of sp³-hybridized carbons (Fsp3) is 0.620. The summed E-state index contributed by atoms with van der Waals surface area (Å²) in [6, 6.07) is -0.949. The zero-order chi connectivity index (χ0) is 61.6. The van der Waals surface area contributed by atoms with Crippen LogP contribution in [-0.2, 0) is 23.7 Å². The van der Waals surface area contributed by atoms with Crippen LogP contribution in [0.25, 0.3) is 0 Å². The molecule has 0 spiro atoms. The van der Waals surface area contributed by atoms with Crippen molar-refractivity contribution in [3.8, 4) is 0 Å². The van der Waals surface area contributed by atoms with Crippen molar-refractivity contribution < 1.29 is 64.6 Å². The van der Waals surface area contributed by atoms with E-state index in [4.69, 9.17) is 18.9 Å². The zero-order valence-corrected chi connectivity index (χ0v) is 51.8. The number of aliphatic hydroxyl groups is 8. The number of aliphatic hydroxyl groups excluding tert-OH is 8. The number of ether oxygens (including phenoxy) is 4. The molecule has 2 saturated heterocycles. The average Bonchev–Trinajstić information content (AvgIpc) is 3.60. The molecule has 0 aliphatic carbocycles. The van der Waals surface area contributed by atoms with E-state index in [9.17, 15) is 45.6 Å². The number of unbranched alkanes of at least 4 members (excludes halogenated alkanes) is 12. The molecule has 12 unspecified atom stereocenters. The number of carbonyl (C=O) groups is 1. The minimum Gasteiger partial charge on any atom is -0.394 e. The maximum atomic E-state index is 13.2. The average molecular weight is 1190 g/mol. The third-order valence-corrected chi connectivity index (χ3v) is 14.5. The molecule has 480 valence electrons. The summed E-state index contributed by atoms with van der Waals surface area (Å²) < 4.78 is 22.7. The Kier molecular flexibility index (Phi) is 48.6. The molecule has 0 radical (unpaired) electrons. The van der Waals surface area contributed by atoms with Crippen molar-refractivity contribution in [3.63, 3.8) is 0 Å². The molecule has 2 rings (SSSR count). The van der Waals surface area contributed by atoms with Crippen LogP contribution in [0.2, 0.25) is 0 Å². The van der Waals surface area contributed by atoms with Crippen molar-refractivity contribution >= 4 is 5.91 Å². The van der Waals surface area contributed by atoms with Crippen molar-refractivity contribution in [3.05, 3.63) is 158 Å². The molecule has 12 atom stereocenters. The Labute approximate surface area is 512 Å². The molecule has 9 N–H and O–H groups in total. The van der Waals surface area contributed by atoms with Crippen LogP contribution in [0.15, 0.2) is 158 Å². The van der Waals surface area contributed by atoms with Crippen molar-refractivity contribution in [1.29, 1.82) is 0 Å². The summed E-state index contributed by atoms with van der Waals surface area (Å²) in [6.07, 6.45) is 65.9. The topological polar surface area (TPSA) is 228 Å². The number of allylic oxidation sites excluding steroid dienone is 25. The van der Waals surface area contributed by atoms with Crippen molar-refractivity contribution in [1.82, 2.24) is 5.32 Å². The number of hydrogen-bond acceptors (Lipinski definition) is 13. The van der Waals surface area contributed by atoms with Gasteiger partial charge >= 0.3 is 0 Å². The molecule has 1 amide bonds. The highest BCUT2D eigenvalue weighted by atomic mass is 16.7. The second-order valence-electron chi connectivity index (χ2n) is 21.8. The first kappa shape index (κ1) is 76.7. The minimum atomic E-state index is -1.80. The van der Waals surface area contributed by atoms with Crippen LogP contribution >= 0.6 is 0 Å². The van der Waals surface area contributed by atoms with Crippen LogP contribution in [0, 0.1) is 0 Å². The van der Waals surface area contributed by atoms with Crippen LogP contribution in [0.4, 0.5) is 0 Å². The zero-order valence-electron chi connectivity index (χ0n) is 51.8. The maximum Gasteiger partial charge on any atom is 0.220 e. The van der Waals surface area contributed by atoms with Crippen LogP contribution in [0.5, 0.6) is 0 Å². The van der Waals surface area contributed by atoms with Gasteiger partial charge in [0.1, 0.15) is 48.8 Å². The first-order chi connectivity index (χ1) is 41.6. The Balaban J connectivity index is 1.67. The lowest BCUT2D eigenvalue weighted by Gasteiger charge is -2.46. The molecule has 0 aromatic rings. The van der Waals surface area contributed by atoms with Gasteiger partial charge < -0.3 is 65.1 Å². The Morgan fingerprint density at radius 2 is 0.812 bits per heavy atom. The molecule has 2 fully saturated rings. The van der Waals surface area contributed by atoms with E-state index in [0.29, 0.717) is 6.42 Å². The van der Waals surface area contributed by atoms with E-state index in [1.807, 2.05) is 6.08 Å². The SMILES string of the molecule is CC/C=C\C/C=C\C/C=C\C/C=C\C/C=C\C/C=C\C/C=C\C/C=C\C/C=C\C/C=C\C/C=C\C/C=C\CCCCC(=O)NC(COC1OC(CO)C(OC2OC(CO)C(O)C(O)C2O)C(O)C1O)C(O)/C=C/CCCCCCCCCCCC. The standard InChI is InChI=1S/C71H113NO13/c1-3-5-7-9-11-13-15-17-18-19-20-21-22-23-24-25-26-27-28-29-30-31-32-33-34-35-36-37-38-39-40-41-42-43-45-47-49-51-53-55-63(76)72-59(60(75)54-52-50-48-46-44-16-14-12-10-8-6-4-2)58-82-70-68(81)66(79)69(62(57-74)84-70)85-71-67(80)65(78)64(77)61(56-73)83-71/h5,7,11,13,17-18,20-21,23-24,26-27,29-30,32-33,35-36,38-39,41-42,45,47,52,54,59-62,64-71,73-75,77-81H,3-4,6,8-10,12,14-16,19,22,25,28,31,34,37,40,43-44,46,48-51,53,55-58H2,1-2H3,(H,72,76)/b7-5-,13-11-,18-17-,21-20-,24-23-,27-26-,30-29-,33-32-,36-35-,39-38-,42-41-,47-45-,54-52+. The van der Waals surface area contributed by atoms with Crippen LogP contribution < -0.4 is 5.32 Å². The lowest BCUT2D eigenvalue weighted by molar-refractivity contribution is -0.359. The summed E-state index contributed by atoms with van der Waals surface area (Å²) in [5, 5.41) is 87.0. The highest BCUT2D eigenvalue weighted by Crippen LogP contribution is 2.30. The lowest BCUT2D eigenvalue weighted by atomic mass is 9.97. The smallest absolute Gasteiger partial charge is 0.220 e. The molecular weight excluding hydrogens is 1070 g/mol. The molecule has 0 aromatic carbocycles. The largest absolute Gasteiger partial charge is 0.394 e. The summed E-state index contributed by atoms with van der Waals surface area (Å²) in [7, 11) is 0. The van der Waals surface area contributed by atoms with Gasteiger partial charge in [-0.25, -0.2) is 0 Å². The van der Waals surface area contributed by atoms with E-state index in [-0.39, 0.29) is 18.9 Å². The predicted molar refractivity (Wildman–Crippen MR) is 345 cm³/mol. The van der Waals surface area contributed by atoms with E-state index in [1.165, 1.54) is 44.9 Å². The van der Waals surface area contributed by atoms with Gasteiger partial charge in [0.05, 0.1) is 32.0 Å². The van der Waals surface area contributed by atoms with Crippen LogP contribution in [0.1, 0.15) is 187 Å². The van der Waals surface area contributed by atoms with Crippen molar-refractivity contribution in [2.75, 3.05) is 19.8 Å². The monoisotopic (exact) mass is 1190 g/mol. The number of nitrogens with one attached hydrogen (secondary N) is 1. The summed E-state index contributed by atoms with van der Waals surface area (Å²) in [6.45, 7) is 2.61. The third kappa shape index (κ3) is 38.5. The summed E-state index contributed by atoms with van der Waals surface area (Å²) in [4.78, 5) is 13.2. The van der Waals surface area contributed by atoms with E-state index >= 15 is 0 Å². The van der Waals surface area contributed by atoms with Crippen LogP contribution in [0.3, 0.4) is 0 Å². The summed E-state index contributed by atoms with van der Waals surface area (Å²) in [5.41, 5.74) is 0. The second kappa shape index (κ2) is 53.8. The van der Waals surface area contributed by atoms with Crippen molar-refractivity contribution in [2.24, 2.45) is 0 Å².